The normalized spacial score (nSPS) is 12.7. The molecule has 0 aliphatic rings. The van der Waals surface area contributed by atoms with Crippen molar-refractivity contribution in [3.63, 3.8) is 0 Å². The Labute approximate surface area is 114 Å². The summed E-state index contributed by atoms with van der Waals surface area (Å²) in [6.07, 6.45) is 0.795. The number of hydrogen-bond acceptors (Lipinski definition) is 4. The molecule has 1 unspecified atom stereocenters. The maximum Gasteiger partial charge on any atom is 0.153 e. The van der Waals surface area contributed by atoms with Crippen molar-refractivity contribution in [2.75, 3.05) is 0 Å². The minimum atomic E-state index is -0.0273. The third kappa shape index (κ3) is 2.60. The molecule has 1 atom stereocenters. The summed E-state index contributed by atoms with van der Waals surface area (Å²) in [5.41, 5.74) is 6.29. The Hall–Kier alpha value is -1.24. The lowest BCUT2D eigenvalue weighted by Gasteiger charge is -2.17. The van der Waals surface area contributed by atoms with Crippen molar-refractivity contribution in [2.45, 2.75) is 19.4 Å². The molecule has 2 aromatic rings. The number of aryl methyl sites for hydroxylation is 2. The fraction of sp³-hybridized carbons (Fsp3) is 0.333. The zero-order valence-electron chi connectivity index (χ0n) is 10.4. The summed E-state index contributed by atoms with van der Waals surface area (Å²) >= 11 is 3.40. The predicted molar refractivity (Wildman–Crippen MR) is 73.7 cm³/mol. The molecular formula is C12H16BrN5. The van der Waals surface area contributed by atoms with Gasteiger partial charge in [-0.15, -0.1) is 5.10 Å². The molecule has 96 valence electrons. The van der Waals surface area contributed by atoms with E-state index in [2.05, 4.69) is 50.7 Å². The minimum absolute atomic E-state index is 0.0273. The molecule has 0 saturated carbocycles. The monoisotopic (exact) mass is 309 g/mol. The van der Waals surface area contributed by atoms with Crippen LogP contribution in [0.5, 0.6) is 0 Å². The molecule has 18 heavy (non-hydrogen) atoms. The van der Waals surface area contributed by atoms with Gasteiger partial charge in [0, 0.05) is 7.05 Å². The van der Waals surface area contributed by atoms with Crippen LogP contribution in [-0.2, 0) is 13.5 Å². The Morgan fingerprint density at radius 2 is 2.17 bits per heavy atom. The van der Waals surface area contributed by atoms with Gasteiger partial charge in [0.2, 0.25) is 0 Å². The van der Waals surface area contributed by atoms with Crippen LogP contribution < -0.4 is 11.3 Å². The lowest BCUT2D eigenvalue weighted by molar-refractivity contribution is 0.504. The Balaban J connectivity index is 2.28. The van der Waals surface area contributed by atoms with Crippen LogP contribution in [0, 0.1) is 6.92 Å². The largest absolute Gasteiger partial charge is 0.271 e. The van der Waals surface area contributed by atoms with E-state index in [-0.39, 0.29) is 6.04 Å². The number of hydrogen-bond donors (Lipinski definition) is 2. The van der Waals surface area contributed by atoms with E-state index in [0.717, 1.165) is 16.7 Å². The van der Waals surface area contributed by atoms with Crippen molar-refractivity contribution in [3.8, 4) is 0 Å². The van der Waals surface area contributed by atoms with Gasteiger partial charge in [0.15, 0.2) is 4.60 Å². The van der Waals surface area contributed by atoms with Crippen LogP contribution >= 0.6 is 15.9 Å². The lowest BCUT2D eigenvalue weighted by atomic mass is 10.00. The van der Waals surface area contributed by atoms with E-state index in [4.69, 9.17) is 5.84 Å². The molecule has 0 fully saturated rings. The molecule has 1 heterocycles. The smallest absolute Gasteiger partial charge is 0.153 e. The predicted octanol–water partition coefficient (Wildman–Crippen LogP) is 1.63. The number of nitrogens with zero attached hydrogens (tertiary/aromatic N) is 3. The molecule has 2 rings (SSSR count). The molecule has 3 N–H and O–H groups in total. The van der Waals surface area contributed by atoms with Crippen molar-refractivity contribution < 1.29 is 0 Å². The van der Waals surface area contributed by atoms with E-state index >= 15 is 0 Å². The molecule has 0 amide bonds. The van der Waals surface area contributed by atoms with E-state index in [1.54, 1.807) is 4.68 Å². The molecular weight excluding hydrogens is 294 g/mol. The lowest BCUT2D eigenvalue weighted by Crippen LogP contribution is -2.31. The highest BCUT2D eigenvalue weighted by Gasteiger charge is 2.19. The fourth-order valence-electron chi connectivity index (χ4n) is 2.00. The number of hydrazine groups is 1. The fourth-order valence-corrected chi connectivity index (χ4v) is 2.61. The van der Waals surface area contributed by atoms with Crippen molar-refractivity contribution in [3.05, 3.63) is 45.7 Å². The molecule has 0 aliphatic carbocycles. The van der Waals surface area contributed by atoms with Gasteiger partial charge in [0.25, 0.3) is 0 Å². The zero-order valence-corrected chi connectivity index (χ0v) is 12.0. The van der Waals surface area contributed by atoms with Crippen LogP contribution in [0.25, 0.3) is 0 Å². The van der Waals surface area contributed by atoms with Gasteiger partial charge < -0.3 is 0 Å². The molecule has 0 spiro atoms. The van der Waals surface area contributed by atoms with Gasteiger partial charge in [-0.05, 0) is 40.4 Å². The highest BCUT2D eigenvalue weighted by Crippen LogP contribution is 2.24. The van der Waals surface area contributed by atoms with E-state index in [1.165, 1.54) is 11.1 Å². The summed E-state index contributed by atoms with van der Waals surface area (Å²) in [4.78, 5) is 0. The Kier molecular flexibility index (Phi) is 4.11. The van der Waals surface area contributed by atoms with Crippen molar-refractivity contribution in [1.82, 2.24) is 20.4 Å². The second-order valence-corrected chi connectivity index (χ2v) is 4.99. The molecule has 1 aromatic carbocycles. The number of nitrogens with one attached hydrogen (secondary N) is 1. The molecule has 1 aromatic heterocycles. The van der Waals surface area contributed by atoms with Crippen molar-refractivity contribution in [2.24, 2.45) is 12.9 Å². The van der Waals surface area contributed by atoms with Gasteiger partial charge in [0.05, 0.1) is 11.7 Å². The first-order chi connectivity index (χ1) is 8.63. The maximum atomic E-state index is 5.66. The van der Waals surface area contributed by atoms with E-state index < -0.39 is 0 Å². The zero-order chi connectivity index (χ0) is 13.1. The SMILES string of the molecule is Cc1ccccc1CC(NN)c1c(Br)nnn1C. The first-order valence-electron chi connectivity index (χ1n) is 5.69. The summed E-state index contributed by atoms with van der Waals surface area (Å²) < 4.78 is 2.45. The average molecular weight is 310 g/mol. The second-order valence-electron chi connectivity index (χ2n) is 4.24. The molecule has 6 heteroatoms. The Morgan fingerprint density at radius 1 is 1.44 bits per heavy atom. The summed E-state index contributed by atoms with van der Waals surface area (Å²) in [6.45, 7) is 2.10. The van der Waals surface area contributed by atoms with Gasteiger partial charge in [-0.2, -0.15) is 0 Å². The first kappa shape index (κ1) is 13.2. The van der Waals surface area contributed by atoms with Crippen LogP contribution in [0.3, 0.4) is 0 Å². The Bertz CT molecular complexity index is 518. The van der Waals surface area contributed by atoms with Crippen LogP contribution in [-0.4, -0.2) is 15.0 Å². The molecule has 0 bridgehead atoms. The van der Waals surface area contributed by atoms with Gasteiger partial charge in [-0.1, -0.05) is 29.5 Å². The third-order valence-electron chi connectivity index (χ3n) is 3.04. The third-order valence-corrected chi connectivity index (χ3v) is 3.61. The number of aromatic nitrogens is 3. The molecule has 0 radical (unpaired) electrons. The number of halogens is 1. The topological polar surface area (TPSA) is 68.8 Å². The summed E-state index contributed by atoms with van der Waals surface area (Å²) in [5.74, 6) is 5.66. The molecule has 0 aliphatic heterocycles. The number of benzene rings is 1. The quantitative estimate of drug-likeness (QED) is 0.665. The van der Waals surface area contributed by atoms with Crippen LogP contribution in [0.1, 0.15) is 22.9 Å². The summed E-state index contributed by atoms with van der Waals surface area (Å²) in [7, 11) is 1.86. The number of nitrogens with two attached hydrogens (primary N) is 1. The Morgan fingerprint density at radius 3 is 2.72 bits per heavy atom. The second kappa shape index (κ2) is 5.60. The standard InChI is InChI=1S/C12H16BrN5/c1-8-5-3-4-6-9(8)7-10(15-14)11-12(13)16-17-18(11)2/h3-6,10,15H,7,14H2,1-2H3. The van der Waals surface area contributed by atoms with E-state index in [0.29, 0.717) is 0 Å². The first-order valence-corrected chi connectivity index (χ1v) is 6.48. The number of rotatable bonds is 4. The van der Waals surface area contributed by atoms with Crippen molar-refractivity contribution in [1.29, 1.82) is 0 Å². The van der Waals surface area contributed by atoms with Crippen molar-refractivity contribution >= 4 is 15.9 Å². The minimum Gasteiger partial charge on any atom is -0.271 e. The molecule has 5 nitrogen and oxygen atoms in total. The molecule has 0 saturated heterocycles. The summed E-state index contributed by atoms with van der Waals surface area (Å²) in [5, 5.41) is 7.96. The maximum absolute atomic E-state index is 5.66. The van der Waals surface area contributed by atoms with E-state index in [1.807, 2.05) is 19.2 Å². The van der Waals surface area contributed by atoms with Gasteiger partial charge in [-0.3, -0.25) is 11.3 Å². The van der Waals surface area contributed by atoms with Crippen LogP contribution in [0.15, 0.2) is 28.9 Å². The van der Waals surface area contributed by atoms with E-state index in [9.17, 15) is 0 Å². The highest BCUT2D eigenvalue weighted by molar-refractivity contribution is 9.10. The van der Waals surface area contributed by atoms with Crippen LogP contribution in [0.4, 0.5) is 0 Å². The van der Waals surface area contributed by atoms with Gasteiger partial charge in [0.1, 0.15) is 0 Å². The highest BCUT2D eigenvalue weighted by atomic mass is 79.9. The van der Waals surface area contributed by atoms with Crippen LogP contribution in [0.2, 0.25) is 0 Å². The summed E-state index contributed by atoms with van der Waals surface area (Å²) in [6, 6.07) is 8.25. The van der Waals surface area contributed by atoms with Gasteiger partial charge >= 0.3 is 0 Å². The average Bonchev–Trinajstić information content (AvgIpc) is 2.69. The van der Waals surface area contributed by atoms with Gasteiger partial charge in [-0.25, -0.2) is 4.68 Å².